The molecule has 0 aliphatic carbocycles. The Morgan fingerprint density at radius 3 is 2.28 bits per heavy atom. The number of halogens is 1. The molecule has 9 heteroatoms. The third-order valence-electron chi connectivity index (χ3n) is 5.52. The van der Waals surface area contributed by atoms with E-state index in [1.165, 1.54) is 16.9 Å². The summed E-state index contributed by atoms with van der Waals surface area (Å²) < 4.78 is 15.8. The molecule has 1 saturated heterocycles. The number of rotatable bonds is 8. The van der Waals surface area contributed by atoms with E-state index in [0.717, 1.165) is 11.1 Å². The van der Waals surface area contributed by atoms with Crippen LogP contribution in [0, 0.1) is 0 Å². The van der Waals surface area contributed by atoms with E-state index in [2.05, 4.69) is 0 Å². The predicted molar refractivity (Wildman–Crippen MR) is 142 cm³/mol. The van der Waals surface area contributed by atoms with Crippen LogP contribution < -0.4 is 14.4 Å². The number of thiocarbonyl (C=S) groups is 1. The number of amides is 1. The molecule has 0 spiro atoms. The summed E-state index contributed by atoms with van der Waals surface area (Å²) in [5.74, 6) is 0.427. The lowest BCUT2D eigenvalue weighted by Crippen LogP contribution is -2.35. The van der Waals surface area contributed by atoms with E-state index < -0.39 is 5.97 Å². The van der Waals surface area contributed by atoms with Crippen molar-refractivity contribution < 1.29 is 23.8 Å². The summed E-state index contributed by atoms with van der Waals surface area (Å²) in [5, 5.41) is 0.822. The van der Waals surface area contributed by atoms with Gasteiger partial charge in [-0.25, -0.2) is 0 Å². The molecule has 3 aromatic carbocycles. The molecule has 1 fully saturated rings. The van der Waals surface area contributed by atoms with Crippen molar-refractivity contribution in [2.24, 2.45) is 0 Å². The monoisotopic (exact) mass is 522 g/mol. The molecule has 0 N–H and O–H groups in total. The molecular weight excluding hydrogens is 500 g/mol. The maximum Gasteiger partial charge on any atom is 0.325 e. The second-order valence-electron chi connectivity index (χ2n) is 7.76. The average molecular weight is 523 g/mol. The van der Waals surface area contributed by atoms with Gasteiger partial charge in [0.15, 0.2) is 5.11 Å². The van der Waals surface area contributed by atoms with E-state index in [9.17, 15) is 9.59 Å². The van der Waals surface area contributed by atoms with E-state index in [0.29, 0.717) is 28.8 Å². The first-order chi connectivity index (χ1) is 17.4. The Morgan fingerprint density at radius 1 is 0.972 bits per heavy atom. The smallest absolute Gasteiger partial charge is 0.325 e. The van der Waals surface area contributed by atoms with Crippen molar-refractivity contribution in [3.63, 3.8) is 0 Å². The summed E-state index contributed by atoms with van der Waals surface area (Å²) in [7, 11) is 2.85. The molecule has 0 aromatic heterocycles. The van der Waals surface area contributed by atoms with Gasteiger partial charge in [0.2, 0.25) is 0 Å². The standard InChI is InChI=1S/C27H23ClN2O5S/c1-33-21-13-9-20(10-14-21)30-26(32)24(29(27(30)36)16-25(31)34-2)15-18-7-11-22(12-8-18)35-17-19-5-3-4-6-23(19)28/h3-15H,16-17H2,1-2H3/b24-15-. The normalized spacial score (nSPS) is 14.4. The number of benzene rings is 3. The molecule has 1 amide bonds. The van der Waals surface area contributed by atoms with Gasteiger partial charge in [0.05, 0.1) is 19.9 Å². The van der Waals surface area contributed by atoms with E-state index in [1.807, 2.05) is 36.4 Å². The second-order valence-corrected chi connectivity index (χ2v) is 8.53. The van der Waals surface area contributed by atoms with Crippen LogP contribution in [-0.4, -0.2) is 42.7 Å². The second kappa shape index (κ2) is 11.2. The van der Waals surface area contributed by atoms with Gasteiger partial charge >= 0.3 is 5.97 Å². The summed E-state index contributed by atoms with van der Waals surface area (Å²) in [6.07, 6.45) is 1.68. The highest BCUT2D eigenvalue weighted by molar-refractivity contribution is 7.80. The summed E-state index contributed by atoms with van der Waals surface area (Å²) in [4.78, 5) is 28.3. The zero-order valence-electron chi connectivity index (χ0n) is 19.6. The Kier molecular flexibility index (Phi) is 7.87. The number of nitrogens with zero attached hydrogens (tertiary/aromatic N) is 2. The molecule has 0 unspecified atom stereocenters. The number of methoxy groups -OCH3 is 2. The van der Waals surface area contributed by atoms with Crippen molar-refractivity contribution in [3.05, 3.63) is 94.6 Å². The molecule has 1 aliphatic rings. The van der Waals surface area contributed by atoms with Gasteiger partial charge in [0, 0.05) is 10.6 Å². The highest BCUT2D eigenvalue weighted by Crippen LogP contribution is 2.30. The van der Waals surface area contributed by atoms with E-state index in [-0.39, 0.29) is 23.3 Å². The zero-order valence-corrected chi connectivity index (χ0v) is 21.2. The Labute approximate surface area is 219 Å². The number of carbonyl (C=O) groups excluding carboxylic acids is 2. The highest BCUT2D eigenvalue weighted by Gasteiger charge is 2.40. The summed E-state index contributed by atoms with van der Waals surface area (Å²) >= 11 is 11.8. The van der Waals surface area contributed by atoms with Crippen LogP contribution in [0.5, 0.6) is 11.5 Å². The van der Waals surface area contributed by atoms with Crippen molar-refractivity contribution in [1.82, 2.24) is 4.90 Å². The minimum Gasteiger partial charge on any atom is -0.497 e. The lowest BCUT2D eigenvalue weighted by atomic mass is 10.1. The van der Waals surface area contributed by atoms with Gasteiger partial charge < -0.3 is 19.1 Å². The molecule has 1 heterocycles. The lowest BCUT2D eigenvalue weighted by Gasteiger charge is -2.19. The fourth-order valence-corrected chi connectivity index (χ4v) is 4.12. The number of carbonyl (C=O) groups is 2. The maximum absolute atomic E-state index is 13.4. The Bertz CT molecular complexity index is 1310. The summed E-state index contributed by atoms with van der Waals surface area (Å²) in [6, 6.07) is 21.6. The fourth-order valence-electron chi connectivity index (χ4n) is 3.58. The first-order valence-corrected chi connectivity index (χ1v) is 11.7. The third-order valence-corrected chi connectivity index (χ3v) is 6.29. The number of hydrogen-bond donors (Lipinski definition) is 0. The van der Waals surface area contributed by atoms with Crippen molar-refractivity contribution in [2.45, 2.75) is 6.61 Å². The molecule has 36 heavy (non-hydrogen) atoms. The van der Waals surface area contributed by atoms with Crippen molar-refractivity contribution >= 4 is 52.6 Å². The lowest BCUT2D eigenvalue weighted by molar-refractivity contribution is -0.140. The van der Waals surface area contributed by atoms with Gasteiger partial charge in [-0.15, -0.1) is 0 Å². The minimum atomic E-state index is -0.518. The molecule has 1 aliphatic heterocycles. The predicted octanol–water partition coefficient (Wildman–Crippen LogP) is 5.08. The van der Waals surface area contributed by atoms with Gasteiger partial charge in [0.1, 0.15) is 30.3 Å². The minimum absolute atomic E-state index is 0.182. The molecule has 0 saturated carbocycles. The molecule has 0 atom stereocenters. The Hall–Kier alpha value is -3.88. The quantitative estimate of drug-likeness (QED) is 0.232. The van der Waals surface area contributed by atoms with Gasteiger partial charge in [-0.3, -0.25) is 14.5 Å². The third kappa shape index (κ3) is 5.50. The Morgan fingerprint density at radius 2 is 1.64 bits per heavy atom. The Balaban J connectivity index is 1.58. The van der Waals surface area contributed by atoms with Crippen LogP contribution in [0.1, 0.15) is 11.1 Å². The van der Waals surface area contributed by atoms with Crippen molar-refractivity contribution in [1.29, 1.82) is 0 Å². The first-order valence-electron chi connectivity index (χ1n) is 11.0. The number of hydrogen-bond acceptors (Lipinski definition) is 6. The zero-order chi connectivity index (χ0) is 25.7. The first kappa shape index (κ1) is 25.2. The fraction of sp³-hybridized carbons (Fsp3) is 0.148. The molecule has 0 radical (unpaired) electrons. The van der Waals surface area contributed by atoms with E-state index >= 15 is 0 Å². The van der Waals surface area contributed by atoms with Crippen LogP contribution in [-0.2, 0) is 20.9 Å². The van der Waals surface area contributed by atoms with Gasteiger partial charge in [-0.1, -0.05) is 41.9 Å². The molecular formula is C27H23ClN2O5S. The molecule has 4 rings (SSSR count). The van der Waals surface area contributed by atoms with Crippen LogP contribution in [0.25, 0.3) is 6.08 Å². The van der Waals surface area contributed by atoms with Gasteiger partial charge in [-0.05, 0) is 66.3 Å². The SMILES string of the molecule is COC(=O)CN1C(=S)N(c2ccc(OC)cc2)C(=O)/C1=C/c1ccc(OCc2ccccc2Cl)cc1. The van der Waals surface area contributed by atoms with Gasteiger partial charge in [0.25, 0.3) is 5.91 Å². The van der Waals surface area contributed by atoms with E-state index in [4.69, 9.17) is 38.0 Å². The van der Waals surface area contributed by atoms with Crippen LogP contribution in [0.4, 0.5) is 5.69 Å². The van der Waals surface area contributed by atoms with Crippen molar-refractivity contribution in [3.8, 4) is 11.5 Å². The van der Waals surface area contributed by atoms with Crippen LogP contribution >= 0.6 is 23.8 Å². The summed E-state index contributed by atoms with van der Waals surface area (Å²) in [6.45, 7) is 0.134. The van der Waals surface area contributed by atoms with E-state index in [1.54, 1.807) is 49.6 Å². The average Bonchev–Trinajstić information content (AvgIpc) is 3.12. The number of anilines is 1. The van der Waals surface area contributed by atoms with Gasteiger partial charge in [-0.2, -0.15) is 0 Å². The van der Waals surface area contributed by atoms with Crippen LogP contribution in [0.15, 0.2) is 78.5 Å². The highest BCUT2D eigenvalue weighted by atomic mass is 35.5. The summed E-state index contributed by atoms with van der Waals surface area (Å²) in [5.41, 5.74) is 2.43. The largest absolute Gasteiger partial charge is 0.497 e. The topological polar surface area (TPSA) is 68.3 Å². The number of esters is 1. The van der Waals surface area contributed by atoms with Crippen molar-refractivity contribution in [2.75, 3.05) is 25.7 Å². The number of ether oxygens (including phenoxy) is 3. The van der Waals surface area contributed by atoms with Crippen LogP contribution in [0.3, 0.4) is 0 Å². The molecule has 3 aromatic rings. The molecule has 184 valence electrons. The molecule has 0 bridgehead atoms. The van der Waals surface area contributed by atoms with Crippen LogP contribution in [0.2, 0.25) is 5.02 Å². The maximum atomic E-state index is 13.4. The molecule has 7 nitrogen and oxygen atoms in total.